The van der Waals surface area contributed by atoms with E-state index in [1.165, 1.54) is 0 Å². The van der Waals surface area contributed by atoms with Crippen molar-refractivity contribution < 1.29 is 13.9 Å². The van der Waals surface area contributed by atoms with Gasteiger partial charge in [0.05, 0.1) is 17.9 Å². The molecule has 0 heterocycles. The summed E-state index contributed by atoms with van der Waals surface area (Å²) in [6.45, 7) is 1.90. The Bertz CT molecular complexity index is 643. The van der Waals surface area contributed by atoms with E-state index >= 15 is 0 Å². The van der Waals surface area contributed by atoms with Crippen molar-refractivity contribution in [3.63, 3.8) is 0 Å². The molecule has 116 valence electrons. The molecular weight excluding hydrogens is 284 g/mol. The van der Waals surface area contributed by atoms with Crippen molar-refractivity contribution in [2.75, 3.05) is 11.9 Å². The molecule has 1 fully saturated rings. The first-order chi connectivity index (χ1) is 10.5. The van der Waals surface area contributed by atoms with Crippen LogP contribution in [0, 0.1) is 5.92 Å². The molecule has 0 unspecified atom stereocenters. The highest BCUT2D eigenvalue weighted by atomic mass is 19.3. The third-order valence-corrected chi connectivity index (χ3v) is 4.26. The molecule has 0 bridgehead atoms. The van der Waals surface area contributed by atoms with Gasteiger partial charge in [-0.15, -0.1) is 0 Å². The van der Waals surface area contributed by atoms with Gasteiger partial charge in [0.25, 0.3) is 5.92 Å². The van der Waals surface area contributed by atoms with Gasteiger partial charge in [-0.1, -0.05) is 42.5 Å². The fourth-order valence-corrected chi connectivity index (χ4v) is 2.90. The van der Waals surface area contributed by atoms with Crippen LogP contribution < -0.4 is 5.32 Å². The van der Waals surface area contributed by atoms with Gasteiger partial charge in [-0.3, -0.25) is 0 Å². The van der Waals surface area contributed by atoms with E-state index in [0.717, 1.165) is 11.3 Å². The van der Waals surface area contributed by atoms with Crippen molar-refractivity contribution >= 4 is 5.69 Å². The molecule has 0 saturated heterocycles. The summed E-state index contributed by atoms with van der Waals surface area (Å²) in [5, 5.41) is 12.6. The first-order valence-corrected chi connectivity index (χ1v) is 7.45. The van der Waals surface area contributed by atoms with E-state index in [2.05, 4.69) is 5.32 Å². The SMILES string of the molecule is C[C@@H](O)c1cccc(NC[C@@H]2[C@@H](c3ccccc3)C2(F)F)c1. The van der Waals surface area contributed by atoms with Gasteiger partial charge in [-0.2, -0.15) is 0 Å². The van der Waals surface area contributed by atoms with E-state index in [4.69, 9.17) is 0 Å². The lowest BCUT2D eigenvalue weighted by Crippen LogP contribution is -2.08. The summed E-state index contributed by atoms with van der Waals surface area (Å²) in [5.41, 5.74) is 2.22. The zero-order valence-corrected chi connectivity index (χ0v) is 12.3. The molecule has 1 aliphatic rings. The number of hydrogen-bond acceptors (Lipinski definition) is 2. The number of aliphatic hydroxyl groups is 1. The smallest absolute Gasteiger partial charge is 0.260 e. The molecule has 22 heavy (non-hydrogen) atoms. The van der Waals surface area contributed by atoms with Gasteiger partial charge in [-0.25, -0.2) is 8.78 Å². The third-order valence-electron chi connectivity index (χ3n) is 4.26. The molecular formula is C18H19F2NO. The predicted octanol–water partition coefficient (Wildman–Crippen LogP) is 4.20. The monoisotopic (exact) mass is 303 g/mol. The van der Waals surface area contributed by atoms with Gasteiger partial charge < -0.3 is 10.4 Å². The second kappa shape index (κ2) is 5.69. The lowest BCUT2D eigenvalue weighted by Gasteiger charge is -2.09. The van der Waals surface area contributed by atoms with E-state index in [0.29, 0.717) is 5.56 Å². The third kappa shape index (κ3) is 2.83. The second-order valence-electron chi connectivity index (χ2n) is 5.85. The number of hydrogen-bond donors (Lipinski definition) is 2. The number of anilines is 1. The number of benzene rings is 2. The summed E-state index contributed by atoms with van der Waals surface area (Å²) in [6.07, 6.45) is -0.568. The van der Waals surface area contributed by atoms with E-state index < -0.39 is 23.9 Å². The Morgan fingerprint density at radius 2 is 1.86 bits per heavy atom. The van der Waals surface area contributed by atoms with E-state index in [1.807, 2.05) is 24.3 Å². The van der Waals surface area contributed by atoms with Gasteiger partial charge in [0.15, 0.2) is 0 Å². The molecule has 3 rings (SSSR count). The van der Waals surface area contributed by atoms with Gasteiger partial charge in [0.1, 0.15) is 0 Å². The Labute approximate surface area is 128 Å². The van der Waals surface area contributed by atoms with Gasteiger partial charge >= 0.3 is 0 Å². The van der Waals surface area contributed by atoms with Gasteiger partial charge in [-0.05, 0) is 30.2 Å². The Balaban J connectivity index is 1.66. The Morgan fingerprint density at radius 1 is 1.14 bits per heavy atom. The molecule has 0 amide bonds. The number of aliphatic hydroxyl groups excluding tert-OH is 1. The van der Waals surface area contributed by atoms with Crippen molar-refractivity contribution in [3.05, 3.63) is 65.7 Å². The lowest BCUT2D eigenvalue weighted by atomic mass is 10.1. The molecule has 0 aliphatic heterocycles. The average Bonchev–Trinajstić information content (AvgIpc) is 3.07. The van der Waals surface area contributed by atoms with Crippen molar-refractivity contribution in [2.24, 2.45) is 5.92 Å². The highest BCUT2D eigenvalue weighted by Crippen LogP contribution is 2.61. The Kier molecular flexibility index (Phi) is 3.87. The van der Waals surface area contributed by atoms with E-state index in [9.17, 15) is 13.9 Å². The molecule has 1 aliphatic carbocycles. The molecule has 2 nitrogen and oxygen atoms in total. The van der Waals surface area contributed by atoms with Crippen LogP contribution in [0.4, 0.5) is 14.5 Å². The average molecular weight is 303 g/mol. The Morgan fingerprint density at radius 3 is 2.55 bits per heavy atom. The number of rotatable bonds is 5. The molecule has 4 heteroatoms. The number of alkyl halides is 2. The van der Waals surface area contributed by atoms with Crippen LogP contribution >= 0.6 is 0 Å². The summed E-state index contributed by atoms with van der Waals surface area (Å²) in [6, 6.07) is 16.2. The second-order valence-corrected chi connectivity index (χ2v) is 5.85. The van der Waals surface area contributed by atoms with Crippen molar-refractivity contribution in [2.45, 2.75) is 24.9 Å². The van der Waals surface area contributed by atoms with Crippen molar-refractivity contribution in [1.82, 2.24) is 0 Å². The van der Waals surface area contributed by atoms with E-state index in [-0.39, 0.29) is 6.54 Å². The number of halogens is 2. The minimum atomic E-state index is -2.66. The largest absolute Gasteiger partial charge is 0.389 e. The molecule has 0 aromatic heterocycles. The summed E-state index contributed by atoms with van der Waals surface area (Å²) in [4.78, 5) is 0. The fourth-order valence-electron chi connectivity index (χ4n) is 2.90. The van der Waals surface area contributed by atoms with Gasteiger partial charge in [0.2, 0.25) is 0 Å². The predicted molar refractivity (Wildman–Crippen MR) is 83.2 cm³/mol. The summed E-state index contributed by atoms with van der Waals surface area (Å²) in [5.74, 6) is -4.05. The van der Waals surface area contributed by atoms with Crippen LogP contribution in [0.5, 0.6) is 0 Å². The van der Waals surface area contributed by atoms with Crippen LogP contribution in [-0.4, -0.2) is 17.6 Å². The molecule has 2 aromatic carbocycles. The van der Waals surface area contributed by atoms with Crippen molar-refractivity contribution in [1.29, 1.82) is 0 Å². The first kappa shape index (κ1) is 15.0. The molecule has 1 saturated carbocycles. The van der Waals surface area contributed by atoms with Crippen LogP contribution in [-0.2, 0) is 0 Å². The highest BCUT2D eigenvalue weighted by Gasteiger charge is 2.68. The maximum absolute atomic E-state index is 14.0. The molecule has 2 aromatic rings. The molecule has 3 atom stereocenters. The quantitative estimate of drug-likeness (QED) is 0.867. The zero-order chi connectivity index (χ0) is 15.7. The summed E-state index contributed by atoms with van der Waals surface area (Å²) >= 11 is 0. The normalized spacial score (nSPS) is 23.8. The van der Waals surface area contributed by atoms with Gasteiger partial charge in [0, 0.05) is 12.2 Å². The van der Waals surface area contributed by atoms with Crippen LogP contribution in [0.25, 0.3) is 0 Å². The van der Waals surface area contributed by atoms with Crippen molar-refractivity contribution in [3.8, 4) is 0 Å². The maximum atomic E-state index is 14.0. The Hall–Kier alpha value is -1.94. The number of nitrogens with one attached hydrogen (secondary N) is 1. The zero-order valence-electron chi connectivity index (χ0n) is 12.3. The maximum Gasteiger partial charge on any atom is 0.260 e. The molecule has 0 radical (unpaired) electrons. The summed E-state index contributed by atoms with van der Waals surface area (Å²) < 4.78 is 28.0. The molecule has 2 N–H and O–H groups in total. The minimum absolute atomic E-state index is 0.218. The fraction of sp³-hybridized carbons (Fsp3) is 0.333. The highest BCUT2D eigenvalue weighted by molar-refractivity contribution is 5.47. The topological polar surface area (TPSA) is 32.3 Å². The molecule has 0 spiro atoms. The van der Waals surface area contributed by atoms with Crippen LogP contribution in [0.1, 0.15) is 30.1 Å². The van der Waals surface area contributed by atoms with Crippen LogP contribution in [0.15, 0.2) is 54.6 Å². The standard InChI is InChI=1S/C18H19F2NO/c1-12(22)14-8-5-9-15(10-14)21-11-16-17(18(16,19)20)13-6-3-2-4-7-13/h2-10,12,16-17,21-22H,11H2,1H3/t12-,16-,17-/m1/s1. The van der Waals surface area contributed by atoms with Crippen LogP contribution in [0.2, 0.25) is 0 Å². The van der Waals surface area contributed by atoms with Crippen LogP contribution in [0.3, 0.4) is 0 Å². The first-order valence-electron chi connectivity index (χ1n) is 7.45. The lowest BCUT2D eigenvalue weighted by molar-refractivity contribution is 0.0954. The van der Waals surface area contributed by atoms with E-state index in [1.54, 1.807) is 37.3 Å². The summed E-state index contributed by atoms with van der Waals surface area (Å²) in [7, 11) is 0. The minimum Gasteiger partial charge on any atom is -0.389 e.